The molecular weight excluding hydrogens is 250 g/mol. The summed E-state index contributed by atoms with van der Waals surface area (Å²) in [6, 6.07) is 10.2. The summed E-state index contributed by atoms with van der Waals surface area (Å²) in [4.78, 5) is 8.77. The SMILES string of the molecule is Cc1nc2cc(-c3ccc4nccn4n3)ccc2n1C. The Bertz CT molecular complexity index is 932. The quantitative estimate of drug-likeness (QED) is 0.530. The molecule has 0 saturated heterocycles. The monoisotopic (exact) mass is 263 g/mol. The number of fused-ring (bicyclic) bond motifs is 2. The van der Waals surface area contributed by atoms with Crippen molar-refractivity contribution in [3.63, 3.8) is 0 Å². The van der Waals surface area contributed by atoms with Crippen LogP contribution in [0.15, 0.2) is 42.7 Å². The summed E-state index contributed by atoms with van der Waals surface area (Å²) < 4.78 is 3.87. The second-order valence-corrected chi connectivity index (χ2v) is 4.87. The third-order valence-corrected chi connectivity index (χ3v) is 3.66. The van der Waals surface area contributed by atoms with Crippen LogP contribution in [0.2, 0.25) is 0 Å². The van der Waals surface area contributed by atoms with Gasteiger partial charge in [0.05, 0.1) is 16.7 Å². The average molecular weight is 263 g/mol. The molecule has 0 fully saturated rings. The summed E-state index contributed by atoms with van der Waals surface area (Å²) in [6.45, 7) is 2.01. The molecule has 0 aliphatic heterocycles. The van der Waals surface area contributed by atoms with E-state index in [9.17, 15) is 0 Å². The number of rotatable bonds is 1. The standard InChI is InChI=1S/C15H13N5/c1-10-17-13-9-11(3-5-14(13)19(10)2)12-4-6-15-16-7-8-20(15)18-12/h3-9H,1-2H3. The maximum Gasteiger partial charge on any atom is 0.153 e. The van der Waals surface area contributed by atoms with Gasteiger partial charge in [0, 0.05) is 25.0 Å². The lowest BCUT2D eigenvalue weighted by Crippen LogP contribution is -1.93. The van der Waals surface area contributed by atoms with Crippen molar-refractivity contribution >= 4 is 16.7 Å². The number of nitrogens with zero attached hydrogens (tertiary/aromatic N) is 5. The lowest BCUT2D eigenvalue weighted by Gasteiger charge is -2.02. The Hall–Kier alpha value is -2.69. The van der Waals surface area contributed by atoms with Gasteiger partial charge in [-0.1, -0.05) is 6.07 Å². The van der Waals surface area contributed by atoms with E-state index in [1.54, 1.807) is 10.7 Å². The molecule has 0 unspecified atom stereocenters. The van der Waals surface area contributed by atoms with Crippen molar-refractivity contribution in [2.75, 3.05) is 0 Å². The average Bonchev–Trinajstić information content (AvgIpc) is 3.03. The minimum Gasteiger partial charge on any atom is -0.331 e. The molecule has 5 nitrogen and oxygen atoms in total. The van der Waals surface area contributed by atoms with Crippen LogP contribution < -0.4 is 0 Å². The van der Waals surface area contributed by atoms with Crippen LogP contribution >= 0.6 is 0 Å². The molecule has 0 saturated carbocycles. The lowest BCUT2D eigenvalue weighted by molar-refractivity contribution is 0.886. The number of aromatic nitrogens is 5. The van der Waals surface area contributed by atoms with Crippen molar-refractivity contribution < 1.29 is 0 Å². The van der Waals surface area contributed by atoms with Crippen LogP contribution in [0.4, 0.5) is 0 Å². The van der Waals surface area contributed by atoms with Crippen LogP contribution in [0.3, 0.4) is 0 Å². The van der Waals surface area contributed by atoms with E-state index >= 15 is 0 Å². The Morgan fingerprint density at radius 1 is 1.10 bits per heavy atom. The van der Waals surface area contributed by atoms with Crippen molar-refractivity contribution in [2.45, 2.75) is 6.92 Å². The van der Waals surface area contributed by atoms with Crippen molar-refractivity contribution in [2.24, 2.45) is 7.05 Å². The zero-order valence-electron chi connectivity index (χ0n) is 11.3. The van der Waals surface area contributed by atoms with E-state index in [1.807, 2.05) is 32.3 Å². The first-order valence-corrected chi connectivity index (χ1v) is 6.46. The lowest BCUT2D eigenvalue weighted by atomic mass is 10.1. The fourth-order valence-electron chi connectivity index (χ4n) is 2.45. The van der Waals surface area contributed by atoms with E-state index in [4.69, 9.17) is 0 Å². The summed E-state index contributed by atoms with van der Waals surface area (Å²) >= 11 is 0. The molecule has 4 rings (SSSR count). The summed E-state index contributed by atoms with van der Waals surface area (Å²) in [7, 11) is 2.03. The molecule has 1 aromatic carbocycles. The van der Waals surface area contributed by atoms with Gasteiger partial charge >= 0.3 is 0 Å². The summed E-state index contributed by atoms with van der Waals surface area (Å²) in [5.41, 5.74) is 4.96. The van der Waals surface area contributed by atoms with Crippen LogP contribution in [-0.4, -0.2) is 24.1 Å². The summed E-state index contributed by atoms with van der Waals surface area (Å²) in [6.07, 6.45) is 3.60. The van der Waals surface area contributed by atoms with Gasteiger partial charge in [0.25, 0.3) is 0 Å². The Morgan fingerprint density at radius 2 is 2.00 bits per heavy atom. The van der Waals surface area contributed by atoms with E-state index in [0.717, 1.165) is 33.8 Å². The molecule has 5 heteroatoms. The largest absolute Gasteiger partial charge is 0.331 e. The van der Waals surface area contributed by atoms with Crippen molar-refractivity contribution in [3.8, 4) is 11.3 Å². The van der Waals surface area contributed by atoms with Gasteiger partial charge in [0.2, 0.25) is 0 Å². The first-order chi connectivity index (χ1) is 9.72. The second kappa shape index (κ2) is 3.90. The molecule has 20 heavy (non-hydrogen) atoms. The third kappa shape index (κ3) is 1.53. The van der Waals surface area contributed by atoms with Gasteiger partial charge in [-0.15, -0.1) is 0 Å². The molecule has 0 radical (unpaired) electrons. The minimum absolute atomic E-state index is 0.850. The van der Waals surface area contributed by atoms with Crippen molar-refractivity contribution in [1.29, 1.82) is 0 Å². The molecule has 0 bridgehead atoms. The highest BCUT2D eigenvalue weighted by Crippen LogP contribution is 2.23. The van der Waals surface area contributed by atoms with Crippen LogP contribution in [0, 0.1) is 6.92 Å². The van der Waals surface area contributed by atoms with Gasteiger partial charge in [0.15, 0.2) is 5.65 Å². The van der Waals surface area contributed by atoms with E-state index in [0.29, 0.717) is 0 Å². The Morgan fingerprint density at radius 3 is 2.90 bits per heavy atom. The fraction of sp³-hybridized carbons (Fsp3) is 0.133. The van der Waals surface area contributed by atoms with Crippen LogP contribution in [0.25, 0.3) is 27.9 Å². The normalized spacial score (nSPS) is 11.5. The van der Waals surface area contributed by atoms with Crippen LogP contribution in [-0.2, 0) is 7.05 Å². The van der Waals surface area contributed by atoms with Crippen LogP contribution in [0.1, 0.15) is 5.82 Å². The van der Waals surface area contributed by atoms with E-state index in [2.05, 4.69) is 37.8 Å². The van der Waals surface area contributed by atoms with Gasteiger partial charge < -0.3 is 4.57 Å². The van der Waals surface area contributed by atoms with E-state index < -0.39 is 0 Å². The zero-order chi connectivity index (χ0) is 13.7. The first-order valence-electron chi connectivity index (χ1n) is 6.46. The molecular formula is C15H13N5. The maximum atomic E-state index is 4.57. The number of hydrogen-bond donors (Lipinski definition) is 0. The van der Waals surface area contributed by atoms with Gasteiger partial charge in [-0.3, -0.25) is 0 Å². The molecule has 0 amide bonds. The van der Waals surface area contributed by atoms with E-state index in [-0.39, 0.29) is 0 Å². The molecule has 0 aliphatic rings. The number of hydrogen-bond acceptors (Lipinski definition) is 3. The van der Waals surface area contributed by atoms with Gasteiger partial charge in [-0.05, 0) is 31.2 Å². The highest BCUT2D eigenvalue weighted by molar-refractivity contribution is 5.81. The third-order valence-electron chi connectivity index (χ3n) is 3.66. The van der Waals surface area contributed by atoms with Crippen molar-refractivity contribution in [3.05, 3.63) is 48.5 Å². The summed E-state index contributed by atoms with van der Waals surface area (Å²) in [5.74, 6) is 1.01. The number of imidazole rings is 2. The predicted octanol–water partition coefficient (Wildman–Crippen LogP) is 2.59. The molecule has 98 valence electrons. The Labute approximate surface area is 115 Å². The predicted molar refractivity (Wildman–Crippen MR) is 77.4 cm³/mol. The molecule has 3 heterocycles. The highest BCUT2D eigenvalue weighted by Gasteiger charge is 2.07. The van der Waals surface area contributed by atoms with E-state index in [1.165, 1.54) is 0 Å². The minimum atomic E-state index is 0.850. The topological polar surface area (TPSA) is 48.0 Å². The molecule has 0 spiro atoms. The maximum absolute atomic E-state index is 4.57. The molecule has 0 aliphatic carbocycles. The molecule has 0 atom stereocenters. The van der Waals surface area contributed by atoms with Gasteiger partial charge in [-0.25, -0.2) is 14.5 Å². The molecule has 0 N–H and O–H groups in total. The number of aryl methyl sites for hydroxylation is 2. The molecule has 4 aromatic rings. The first kappa shape index (κ1) is 11.2. The van der Waals surface area contributed by atoms with Gasteiger partial charge in [-0.2, -0.15) is 5.10 Å². The highest BCUT2D eigenvalue weighted by atomic mass is 15.2. The second-order valence-electron chi connectivity index (χ2n) is 4.87. The Balaban J connectivity index is 1.92. The smallest absolute Gasteiger partial charge is 0.153 e. The van der Waals surface area contributed by atoms with Crippen LogP contribution in [0.5, 0.6) is 0 Å². The van der Waals surface area contributed by atoms with Crippen molar-refractivity contribution in [1.82, 2.24) is 24.1 Å². The Kier molecular flexibility index (Phi) is 2.18. The molecule has 3 aromatic heterocycles. The fourth-order valence-corrected chi connectivity index (χ4v) is 2.45. The zero-order valence-corrected chi connectivity index (χ0v) is 11.3. The summed E-state index contributed by atoms with van der Waals surface area (Å²) in [5, 5.41) is 4.56. The number of benzene rings is 1. The van der Waals surface area contributed by atoms with Gasteiger partial charge in [0.1, 0.15) is 5.82 Å².